The standard InChI is InChI=1S/C26H27FN4O4/c27-21-14-31(25(32)11-16-1-4-18(5-2-16)34-19-6-7-19)10-9-24(21)35-23-8-3-17(12-20(23)26(28)33)22-13-29-15-30-22/h1-5,8,12-13,15,19,21,24H,6-7,9-11,14H2,(H2,28,33)(H,29,30)/t21?,24-/m0/s1. The monoisotopic (exact) mass is 478 g/mol. The Balaban J connectivity index is 1.19. The highest BCUT2D eigenvalue weighted by molar-refractivity contribution is 5.97. The largest absolute Gasteiger partial charge is 0.490 e. The number of primary amides is 1. The van der Waals surface area contributed by atoms with E-state index in [0.717, 1.165) is 29.8 Å². The first-order chi connectivity index (χ1) is 17.0. The van der Waals surface area contributed by atoms with Crippen LogP contribution in [0.3, 0.4) is 0 Å². The van der Waals surface area contributed by atoms with Crippen molar-refractivity contribution in [3.05, 3.63) is 66.1 Å². The van der Waals surface area contributed by atoms with Crippen molar-refractivity contribution in [3.63, 3.8) is 0 Å². The van der Waals surface area contributed by atoms with Crippen molar-refractivity contribution in [1.29, 1.82) is 0 Å². The summed E-state index contributed by atoms with van der Waals surface area (Å²) in [6.45, 7) is 0.301. The Hall–Kier alpha value is -3.88. The zero-order valence-corrected chi connectivity index (χ0v) is 19.2. The predicted molar refractivity (Wildman–Crippen MR) is 127 cm³/mol. The Morgan fingerprint density at radius 2 is 1.91 bits per heavy atom. The lowest BCUT2D eigenvalue weighted by atomic mass is 10.0. The van der Waals surface area contributed by atoms with Gasteiger partial charge in [-0.25, -0.2) is 9.37 Å². The number of ether oxygens (including phenoxy) is 2. The molecule has 1 aliphatic heterocycles. The second-order valence-electron chi connectivity index (χ2n) is 8.98. The van der Waals surface area contributed by atoms with E-state index in [1.54, 1.807) is 24.4 Å². The molecule has 3 aromatic rings. The van der Waals surface area contributed by atoms with Crippen LogP contribution in [0.25, 0.3) is 11.3 Å². The van der Waals surface area contributed by atoms with Gasteiger partial charge in [-0.2, -0.15) is 0 Å². The van der Waals surface area contributed by atoms with E-state index in [1.165, 1.54) is 11.2 Å². The highest BCUT2D eigenvalue weighted by atomic mass is 19.1. The quantitative estimate of drug-likeness (QED) is 0.516. The third-order valence-corrected chi connectivity index (χ3v) is 6.27. The van der Waals surface area contributed by atoms with Crippen molar-refractivity contribution in [1.82, 2.24) is 14.9 Å². The highest BCUT2D eigenvalue weighted by Crippen LogP contribution is 2.29. The summed E-state index contributed by atoms with van der Waals surface area (Å²) in [4.78, 5) is 33.2. The molecule has 1 saturated carbocycles. The molecule has 0 spiro atoms. The highest BCUT2D eigenvalue weighted by Gasteiger charge is 2.33. The molecule has 1 aliphatic carbocycles. The normalized spacial score (nSPS) is 19.9. The topological polar surface area (TPSA) is 111 Å². The van der Waals surface area contributed by atoms with Crippen molar-refractivity contribution in [2.75, 3.05) is 13.1 Å². The van der Waals surface area contributed by atoms with Gasteiger partial charge in [0, 0.05) is 18.5 Å². The van der Waals surface area contributed by atoms with E-state index in [0.29, 0.717) is 24.6 Å². The van der Waals surface area contributed by atoms with Crippen molar-refractivity contribution in [3.8, 4) is 22.8 Å². The lowest BCUT2D eigenvalue weighted by Crippen LogP contribution is -2.49. The minimum absolute atomic E-state index is 0.0650. The van der Waals surface area contributed by atoms with Crippen LogP contribution >= 0.6 is 0 Å². The van der Waals surface area contributed by atoms with Crippen LogP contribution in [0.4, 0.5) is 4.39 Å². The van der Waals surface area contributed by atoms with Gasteiger partial charge in [0.2, 0.25) is 5.91 Å². The van der Waals surface area contributed by atoms with E-state index in [1.807, 2.05) is 24.3 Å². The van der Waals surface area contributed by atoms with E-state index >= 15 is 4.39 Å². The molecule has 9 heteroatoms. The van der Waals surface area contributed by atoms with Crippen LogP contribution in [0.1, 0.15) is 35.2 Å². The van der Waals surface area contributed by atoms with Gasteiger partial charge in [-0.3, -0.25) is 9.59 Å². The average Bonchev–Trinajstić information content (AvgIpc) is 3.49. The molecular formula is C26H27FN4O4. The number of amides is 2. The molecule has 5 rings (SSSR count). The molecule has 1 unspecified atom stereocenters. The fourth-order valence-electron chi connectivity index (χ4n) is 4.16. The predicted octanol–water partition coefficient (Wildman–Crippen LogP) is 3.28. The molecule has 182 valence electrons. The van der Waals surface area contributed by atoms with Gasteiger partial charge in [-0.05, 0) is 48.7 Å². The third-order valence-electron chi connectivity index (χ3n) is 6.27. The fraction of sp³-hybridized carbons (Fsp3) is 0.346. The first-order valence-corrected chi connectivity index (χ1v) is 11.7. The number of aromatic nitrogens is 2. The number of hydrogen-bond donors (Lipinski definition) is 2. The van der Waals surface area contributed by atoms with Gasteiger partial charge in [0.1, 0.15) is 17.6 Å². The lowest BCUT2D eigenvalue weighted by molar-refractivity contribution is -0.134. The van der Waals surface area contributed by atoms with Gasteiger partial charge >= 0.3 is 0 Å². The molecule has 35 heavy (non-hydrogen) atoms. The number of nitrogens with two attached hydrogens (primary N) is 1. The second kappa shape index (κ2) is 9.77. The molecule has 2 fully saturated rings. The van der Waals surface area contributed by atoms with E-state index < -0.39 is 18.2 Å². The van der Waals surface area contributed by atoms with E-state index in [2.05, 4.69) is 9.97 Å². The first kappa shape index (κ1) is 22.9. The number of piperidine rings is 1. The number of imidazole rings is 1. The van der Waals surface area contributed by atoms with E-state index in [-0.39, 0.29) is 30.2 Å². The average molecular weight is 479 g/mol. The molecule has 2 aliphatic rings. The van der Waals surface area contributed by atoms with Gasteiger partial charge in [0.05, 0.1) is 42.9 Å². The van der Waals surface area contributed by atoms with Gasteiger partial charge in [0.25, 0.3) is 5.91 Å². The molecule has 1 aromatic heterocycles. The molecule has 0 bridgehead atoms. The summed E-state index contributed by atoms with van der Waals surface area (Å²) in [5.74, 6) is 0.224. The number of aromatic amines is 1. The maximum atomic E-state index is 15.0. The molecule has 2 atom stereocenters. The van der Waals surface area contributed by atoms with Crippen LogP contribution in [-0.2, 0) is 11.2 Å². The summed E-state index contributed by atoms with van der Waals surface area (Å²) in [5, 5.41) is 0. The molecule has 8 nitrogen and oxygen atoms in total. The number of hydrogen-bond acceptors (Lipinski definition) is 5. The lowest BCUT2D eigenvalue weighted by Gasteiger charge is -2.35. The zero-order valence-electron chi connectivity index (χ0n) is 19.2. The zero-order chi connectivity index (χ0) is 24.4. The smallest absolute Gasteiger partial charge is 0.252 e. The summed E-state index contributed by atoms with van der Waals surface area (Å²) in [7, 11) is 0. The Labute approximate surface area is 202 Å². The molecule has 0 radical (unpaired) electrons. The SMILES string of the molecule is NC(=O)c1cc(-c2cnc[nH]2)ccc1O[C@H]1CCN(C(=O)Cc2ccc(OC3CC3)cc2)CC1F. The summed E-state index contributed by atoms with van der Waals surface area (Å²) in [6.07, 6.45) is 3.98. The van der Waals surface area contributed by atoms with Crippen LogP contribution in [0.15, 0.2) is 55.0 Å². The van der Waals surface area contributed by atoms with Crippen molar-refractivity contribution in [2.45, 2.75) is 44.1 Å². The third kappa shape index (κ3) is 5.45. The van der Waals surface area contributed by atoms with Crippen LogP contribution in [-0.4, -0.2) is 58.2 Å². The summed E-state index contributed by atoms with van der Waals surface area (Å²) < 4.78 is 26.6. The minimum atomic E-state index is -1.39. The molecule has 2 amide bonds. The molecular weight excluding hydrogens is 451 g/mol. The molecule has 2 heterocycles. The Morgan fingerprint density at radius 3 is 2.57 bits per heavy atom. The number of rotatable bonds is 8. The number of nitrogens with one attached hydrogen (secondary N) is 1. The summed E-state index contributed by atoms with van der Waals surface area (Å²) in [6, 6.07) is 12.4. The Bertz CT molecular complexity index is 1190. The first-order valence-electron chi connectivity index (χ1n) is 11.7. The minimum Gasteiger partial charge on any atom is -0.490 e. The maximum absolute atomic E-state index is 15.0. The second-order valence-corrected chi connectivity index (χ2v) is 8.98. The number of nitrogens with zero attached hydrogens (tertiary/aromatic N) is 2. The number of halogens is 1. The van der Waals surface area contributed by atoms with E-state index in [9.17, 15) is 9.59 Å². The van der Waals surface area contributed by atoms with Crippen LogP contribution in [0.5, 0.6) is 11.5 Å². The Kier molecular flexibility index (Phi) is 6.39. The number of likely N-dealkylation sites (tertiary alicyclic amines) is 1. The summed E-state index contributed by atoms with van der Waals surface area (Å²) >= 11 is 0. The number of benzene rings is 2. The van der Waals surface area contributed by atoms with Crippen LogP contribution in [0.2, 0.25) is 0 Å². The number of carbonyl (C=O) groups is 2. The van der Waals surface area contributed by atoms with Crippen molar-refractivity contribution < 1.29 is 23.5 Å². The molecule has 3 N–H and O–H groups in total. The van der Waals surface area contributed by atoms with E-state index in [4.69, 9.17) is 15.2 Å². The van der Waals surface area contributed by atoms with Crippen molar-refractivity contribution >= 4 is 11.8 Å². The van der Waals surface area contributed by atoms with Crippen LogP contribution < -0.4 is 15.2 Å². The van der Waals surface area contributed by atoms with Gasteiger partial charge in [-0.15, -0.1) is 0 Å². The van der Waals surface area contributed by atoms with Gasteiger partial charge < -0.3 is 25.1 Å². The summed E-state index contributed by atoms with van der Waals surface area (Å²) in [5.41, 5.74) is 8.01. The fourth-order valence-corrected chi connectivity index (χ4v) is 4.16. The molecule has 1 saturated heterocycles. The van der Waals surface area contributed by atoms with Gasteiger partial charge in [0.15, 0.2) is 6.17 Å². The van der Waals surface area contributed by atoms with Crippen LogP contribution in [0, 0.1) is 0 Å². The molecule has 2 aromatic carbocycles. The number of alkyl halides is 1. The van der Waals surface area contributed by atoms with Gasteiger partial charge in [-0.1, -0.05) is 12.1 Å². The number of H-pyrrole nitrogens is 1. The number of carbonyl (C=O) groups excluding carboxylic acids is 2. The maximum Gasteiger partial charge on any atom is 0.252 e. The Morgan fingerprint density at radius 1 is 1.11 bits per heavy atom. The van der Waals surface area contributed by atoms with Crippen molar-refractivity contribution in [2.24, 2.45) is 5.73 Å².